The minimum absolute atomic E-state index is 0.771. The van der Waals surface area contributed by atoms with E-state index in [1.54, 1.807) is 0 Å². The Labute approximate surface area is 101 Å². The van der Waals surface area contributed by atoms with Crippen molar-refractivity contribution in [2.45, 2.75) is 38.1 Å². The van der Waals surface area contributed by atoms with Gasteiger partial charge in [-0.3, -0.25) is 4.90 Å². The van der Waals surface area contributed by atoms with Gasteiger partial charge in [-0.25, -0.2) is 0 Å². The SMILES string of the molecule is BrCC1CCCCCN1CC1CCOC1. The Kier molecular flexibility index (Phi) is 4.92. The fourth-order valence-electron chi connectivity index (χ4n) is 2.71. The highest BCUT2D eigenvalue weighted by Crippen LogP contribution is 2.22. The summed E-state index contributed by atoms with van der Waals surface area (Å²) in [6.07, 6.45) is 6.86. The normalized spacial score (nSPS) is 34.2. The molecule has 0 N–H and O–H groups in total. The molecule has 0 aromatic rings. The molecule has 2 nitrogen and oxygen atoms in total. The number of ether oxygens (including phenoxy) is 1. The third-order valence-corrected chi connectivity index (χ3v) is 4.44. The smallest absolute Gasteiger partial charge is 0.0507 e. The van der Waals surface area contributed by atoms with E-state index in [1.807, 2.05) is 0 Å². The van der Waals surface area contributed by atoms with Crippen LogP contribution in [0.1, 0.15) is 32.1 Å². The number of alkyl halides is 1. The lowest BCUT2D eigenvalue weighted by molar-refractivity contribution is 0.151. The lowest BCUT2D eigenvalue weighted by Crippen LogP contribution is -2.39. The molecule has 2 aliphatic heterocycles. The first kappa shape index (κ1) is 11.9. The van der Waals surface area contributed by atoms with E-state index in [0.717, 1.165) is 30.5 Å². The predicted octanol–water partition coefficient (Wildman–Crippen LogP) is 2.66. The molecule has 0 aromatic carbocycles. The van der Waals surface area contributed by atoms with E-state index in [0.29, 0.717) is 0 Å². The maximum absolute atomic E-state index is 5.46. The summed E-state index contributed by atoms with van der Waals surface area (Å²) in [5.41, 5.74) is 0. The molecule has 0 aromatic heterocycles. The lowest BCUT2D eigenvalue weighted by atomic mass is 10.1. The minimum Gasteiger partial charge on any atom is -0.381 e. The number of likely N-dealkylation sites (tertiary alicyclic amines) is 1. The van der Waals surface area contributed by atoms with Crippen molar-refractivity contribution in [3.8, 4) is 0 Å². The number of rotatable bonds is 3. The van der Waals surface area contributed by atoms with Crippen LogP contribution in [0.3, 0.4) is 0 Å². The van der Waals surface area contributed by atoms with Crippen molar-refractivity contribution in [2.75, 3.05) is 31.6 Å². The molecule has 2 atom stereocenters. The Morgan fingerprint density at radius 1 is 1.20 bits per heavy atom. The van der Waals surface area contributed by atoms with Crippen LogP contribution >= 0.6 is 15.9 Å². The zero-order chi connectivity index (χ0) is 10.5. The number of hydrogen-bond acceptors (Lipinski definition) is 2. The van der Waals surface area contributed by atoms with E-state index >= 15 is 0 Å². The third-order valence-electron chi connectivity index (χ3n) is 3.69. The Balaban J connectivity index is 1.85. The summed E-state index contributed by atoms with van der Waals surface area (Å²) in [6.45, 7) is 4.53. The van der Waals surface area contributed by atoms with Gasteiger partial charge in [0.2, 0.25) is 0 Å². The van der Waals surface area contributed by atoms with Crippen LogP contribution in [0.15, 0.2) is 0 Å². The van der Waals surface area contributed by atoms with Crippen molar-refractivity contribution in [3.63, 3.8) is 0 Å². The monoisotopic (exact) mass is 275 g/mol. The highest BCUT2D eigenvalue weighted by atomic mass is 79.9. The molecule has 2 unspecified atom stereocenters. The number of halogens is 1. The first-order chi connectivity index (χ1) is 7.40. The van der Waals surface area contributed by atoms with Gasteiger partial charge in [0, 0.05) is 24.5 Å². The van der Waals surface area contributed by atoms with Crippen LogP contribution in [0.2, 0.25) is 0 Å². The van der Waals surface area contributed by atoms with Crippen LogP contribution in [0.5, 0.6) is 0 Å². The second-order valence-electron chi connectivity index (χ2n) is 4.88. The van der Waals surface area contributed by atoms with Crippen LogP contribution in [-0.4, -0.2) is 42.6 Å². The zero-order valence-corrected chi connectivity index (χ0v) is 11.0. The van der Waals surface area contributed by atoms with Crippen molar-refractivity contribution in [3.05, 3.63) is 0 Å². The summed E-state index contributed by atoms with van der Waals surface area (Å²) in [4.78, 5) is 2.70. The van der Waals surface area contributed by atoms with Gasteiger partial charge in [-0.2, -0.15) is 0 Å². The van der Waals surface area contributed by atoms with Crippen molar-refractivity contribution in [1.82, 2.24) is 4.90 Å². The average molecular weight is 276 g/mol. The van der Waals surface area contributed by atoms with Crippen LogP contribution in [0.4, 0.5) is 0 Å². The highest BCUT2D eigenvalue weighted by molar-refractivity contribution is 9.09. The van der Waals surface area contributed by atoms with Crippen molar-refractivity contribution in [1.29, 1.82) is 0 Å². The molecule has 0 spiro atoms. The van der Waals surface area contributed by atoms with E-state index in [-0.39, 0.29) is 0 Å². The maximum atomic E-state index is 5.46. The molecule has 2 fully saturated rings. The largest absolute Gasteiger partial charge is 0.381 e. The summed E-state index contributed by atoms with van der Waals surface area (Å²) >= 11 is 3.66. The molecule has 88 valence electrons. The second-order valence-corrected chi connectivity index (χ2v) is 5.53. The molecular formula is C12H22BrNO. The second kappa shape index (κ2) is 6.21. The Bertz CT molecular complexity index is 182. The summed E-state index contributed by atoms with van der Waals surface area (Å²) in [5, 5.41) is 1.14. The number of nitrogens with zero attached hydrogens (tertiary/aromatic N) is 1. The fourth-order valence-corrected chi connectivity index (χ4v) is 3.44. The van der Waals surface area contributed by atoms with Crippen molar-refractivity contribution < 1.29 is 4.74 Å². The molecule has 2 aliphatic rings. The van der Waals surface area contributed by atoms with Gasteiger partial charge in [-0.1, -0.05) is 28.8 Å². The first-order valence-electron chi connectivity index (χ1n) is 6.28. The lowest BCUT2D eigenvalue weighted by Gasteiger charge is -2.30. The quantitative estimate of drug-likeness (QED) is 0.735. The summed E-state index contributed by atoms with van der Waals surface area (Å²) in [5.74, 6) is 0.796. The minimum atomic E-state index is 0.771. The zero-order valence-electron chi connectivity index (χ0n) is 9.46. The van der Waals surface area contributed by atoms with Crippen LogP contribution < -0.4 is 0 Å². The maximum Gasteiger partial charge on any atom is 0.0507 e. The molecule has 0 bridgehead atoms. The third kappa shape index (κ3) is 3.43. The standard InChI is InChI=1S/C12H22BrNO/c13-8-12-4-2-1-3-6-14(12)9-11-5-7-15-10-11/h11-12H,1-10H2. The summed E-state index contributed by atoms with van der Waals surface area (Å²) in [6, 6.07) is 0.771. The van der Waals surface area contributed by atoms with Gasteiger partial charge in [0.1, 0.15) is 0 Å². The van der Waals surface area contributed by atoms with Crippen molar-refractivity contribution in [2.24, 2.45) is 5.92 Å². The number of hydrogen-bond donors (Lipinski definition) is 0. The molecule has 0 saturated carbocycles. The Hall–Kier alpha value is 0.400. The van der Waals surface area contributed by atoms with E-state index in [1.165, 1.54) is 45.2 Å². The van der Waals surface area contributed by atoms with Gasteiger partial charge in [0.05, 0.1) is 6.61 Å². The molecule has 2 rings (SSSR count). The summed E-state index contributed by atoms with van der Waals surface area (Å²) in [7, 11) is 0. The predicted molar refractivity (Wildman–Crippen MR) is 66.5 cm³/mol. The van der Waals surface area contributed by atoms with Gasteiger partial charge in [0.25, 0.3) is 0 Å². The fraction of sp³-hybridized carbons (Fsp3) is 1.00. The van der Waals surface area contributed by atoms with Gasteiger partial charge < -0.3 is 4.74 Å². The molecule has 2 saturated heterocycles. The van der Waals surface area contributed by atoms with Crippen molar-refractivity contribution >= 4 is 15.9 Å². The van der Waals surface area contributed by atoms with Gasteiger partial charge >= 0.3 is 0 Å². The van der Waals surface area contributed by atoms with Crippen LogP contribution in [0.25, 0.3) is 0 Å². The van der Waals surface area contributed by atoms with E-state index in [9.17, 15) is 0 Å². The van der Waals surface area contributed by atoms with Gasteiger partial charge in [0.15, 0.2) is 0 Å². The first-order valence-corrected chi connectivity index (χ1v) is 7.40. The molecule has 0 aliphatic carbocycles. The van der Waals surface area contributed by atoms with Crippen LogP contribution in [0, 0.1) is 5.92 Å². The molecule has 2 heterocycles. The molecule has 3 heteroatoms. The molecular weight excluding hydrogens is 254 g/mol. The molecule has 0 radical (unpaired) electrons. The highest BCUT2D eigenvalue weighted by Gasteiger charge is 2.24. The summed E-state index contributed by atoms with van der Waals surface area (Å²) < 4.78 is 5.46. The van der Waals surface area contributed by atoms with Gasteiger partial charge in [-0.05, 0) is 31.7 Å². The van der Waals surface area contributed by atoms with E-state index in [2.05, 4.69) is 20.8 Å². The molecule has 15 heavy (non-hydrogen) atoms. The topological polar surface area (TPSA) is 12.5 Å². The Morgan fingerprint density at radius 2 is 2.13 bits per heavy atom. The van der Waals surface area contributed by atoms with E-state index < -0.39 is 0 Å². The molecule has 0 amide bonds. The van der Waals surface area contributed by atoms with E-state index in [4.69, 9.17) is 4.74 Å². The Morgan fingerprint density at radius 3 is 2.87 bits per heavy atom. The van der Waals surface area contributed by atoms with Gasteiger partial charge in [-0.15, -0.1) is 0 Å². The van der Waals surface area contributed by atoms with Crippen LogP contribution in [-0.2, 0) is 4.74 Å². The average Bonchev–Trinajstić information content (AvgIpc) is 2.64.